The Morgan fingerprint density at radius 3 is 1.28 bits per heavy atom. The normalized spacial score (nSPS) is 13.4. The molecule has 0 atom stereocenters. The standard InChI is InChI=1S/C32H44N2.2C2H5.Ni/c1-9-11-13-14-16-30-29(15-12-10-2)31(27-17-21(3)25(7)22(4)18-27)34(33)32(30)28-19-23(5)26(8)24(6)20-28;2*1-2;/h17-20H,9-16H2,1-8H3;2*1H2,2H3;. The van der Waals surface area contributed by atoms with Crippen molar-refractivity contribution in [3.8, 4) is 0 Å². The fourth-order valence-corrected chi connectivity index (χ4v) is 5.86. The van der Waals surface area contributed by atoms with Gasteiger partial charge < -0.3 is 5.53 Å². The van der Waals surface area contributed by atoms with E-state index in [9.17, 15) is 5.53 Å². The predicted octanol–water partition coefficient (Wildman–Crippen LogP) is 11.8. The number of hydrogen-bond donors (Lipinski definition) is 0. The molecule has 0 amide bonds. The Morgan fingerprint density at radius 2 is 0.949 bits per heavy atom. The average molecular weight is 574 g/mol. The van der Waals surface area contributed by atoms with Crippen LogP contribution in [0.15, 0.2) is 35.4 Å². The zero-order chi connectivity index (χ0) is 29.1. The van der Waals surface area contributed by atoms with E-state index in [-0.39, 0.29) is 0 Å². The van der Waals surface area contributed by atoms with Gasteiger partial charge >= 0.3 is 39.1 Å². The third kappa shape index (κ3) is 8.50. The minimum absolute atomic E-state index is 0.996. The first kappa shape index (κ1) is 33.2. The topological polar surface area (TPSA) is 25.3 Å². The number of allylic oxidation sites excluding steroid dienone is 2. The van der Waals surface area contributed by atoms with E-state index in [0.29, 0.717) is 0 Å². The van der Waals surface area contributed by atoms with E-state index >= 15 is 0 Å². The van der Waals surface area contributed by atoms with E-state index < -0.39 is 0 Å². The molecule has 2 nitrogen and oxygen atoms in total. The van der Waals surface area contributed by atoms with Gasteiger partial charge in [-0.3, -0.25) is 0 Å². The molecule has 0 radical (unpaired) electrons. The first-order chi connectivity index (χ1) is 18.6. The second-order valence-electron chi connectivity index (χ2n) is 11.0. The summed E-state index contributed by atoms with van der Waals surface area (Å²) in [5.74, 6) is 0. The van der Waals surface area contributed by atoms with Crippen LogP contribution in [-0.4, -0.2) is 4.70 Å². The summed E-state index contributed by atoms with van der Waals surface area (Å²) in [5, 5.41) is 2.56. The van der Waals surface area contributed by atoms with Gasteiger partial charge in [0, 0.05) is 22.3 Å². The van der Waals surface area contributed by atoms with Crippen LogP contribution in [0.2, 0.25) is 10.8 Å². The number of benzene rings is 2. The number of hydrogen-bond acceptors (Lipinski definition) is 0. The molecule has 218 valence electrons. The summed E-state index contributed by atoms with van der Waals surface area (Å²) in [6.45, 7) is 22.0. The van der Waals surface area contributed by atoms with Gasteiger partial charge in [0.25, 0.3) is 0 Å². The molecule has 3 heteroatoms. The zero-order valence-electron chi connectivity index (χ0n) is 26.6. The van der Waals surface area contributed by atoms with E-state index in [1.807, 2.05) is 14.4 Å². The third-order valence-electron chi connectivity index (χ3n) is 8.14. The van der Waals surface area contributed by atoms with Gasteiger partial charge in [0.1, 0.15) is 0 Å². The van der Waals surface area contributed by atoms with Gasteiger partial charge in [0.15, 0.2) is 0 Å². The summed E-state index contributed by atoms with van der Waals surface area (Å²) in [6, 6.07) is 9.05. The van der Waals surface area contributed by atoms with E-state index in [1.54, 1.807) is 0 Å². The van der Waals surface area contributed by atoms with Crippen LogP contribution < -0.4 is 0 Å². The number of aryl methyl sites for hydroxylation is 4. The first-order valence-corrected chi connectivity index (χ1v) is 16.6. The van der Waals surface area contributed by atoms with Crippen LogP contribution in [-0.2, 0) is 14.4 Å². The van der Waals surface area contributed by atoms with Gasteiger partial charge in [-0.25, -0.2) is 4.70 Å². The van der Waals surface area contributed by atoms with Crippen molar-refractivity contribution in [3.05, 3.63) is 85.5 Å². The first-order valence-electron chi connectivity index (χ1n) is 15.2. The van der Waals surface area contributed by atoms with E-state index in [0.717, 1.165) is 48.2 Å². The van der Waals surface area contributed by atoms with Crippen LogP contribution in [0.1, 0.15) is 124 Å². The molecule has 0 aromatic heterocycles. The van der Waals surface area contributed by atoms with Crippen molar-refractivity contribution in [2.75, 3.05) is 0 Å². The molecule has 0 bridgehead atoms. The molecule has 0 fully saturated rings. The summed E-state index contributed by atoms with van der Waals surface area (Å²) in [5.41, 5.74) is 26.6. The quantitative estimate of drug-likeness (QED) is 0.137. The molecule has 1 heterocycles. The van der Waals surface area contributed by atoms with Crippen molar-refractivity contribution in [2.45, 2.75) is 131 Å². The van der Waals surface area contributed by atoms with Gasteiger partial charge in [0.05, 0.1) is 0 Å². The molecule has 0 saturated heterocycles. The molecule has 0 N–H and O–H groups in total. The van der Waals surface area contributed by atoms with E-state index in [2.05, 4.69) is 93.5 Å². The fraction of sp³-hybridized carbons (Fsp3) is 0.556. The molecular weight excluding hydrogens is 519 g/mol. The molecule has 1 aliphatic heterocycles. The number of unbranched alkanes of at least 4 members (excludes halogenated alkanes) is 4. The molecule has 3 rings (SSSR count). The summed E-state index contributed by atoms with van der Waals surface area (Å²) in [7, 11) is 0. The Bertz CT molecular complexity index is 1150. The van der Waals surface area contributed by atoms with Crippen molar-refractivity contribution in [2.24, 2.45) is 0 Å². The van der Waals surface area contributed by atoms with Crippen molar-refractivity contribution in [3.63, 3.8) is 0 Å². The van der Waals surface area contributed by atoms with Crippen molar-refractivity contribution in [1.82, 2.24) is 0 Å². The minimum atomic E-state index is 0.996. The van der Waals surface area contributed by atoms with Crippen molar-refractivity contribution >= 4 is 11.4 Å². The summed E-state index contributed by atoms with van der Waals surface area (Å²) in [6.07, 6.45) is 9.22. The van der Waals surface area contributed by atoms with Crippen LogP contribution in [0.3, 0.4) is 0 Å². The number of rotatable bonds is 12. The monoisotopic (exact) mass is 572 g/mol. The maximum atomic E-state index is 11.8. The fourth-order valence-electron chi connectivity index (χ4n) is 5.37. The second kappa shape index (κ2) is 16.3. The molecule has 2 aromatic carbocycles. The molecule has 39 heavy (non-hydrogen) atoms. The second-order valence-corrected chi connectivity index (χ2v) is 12.8. The van der Waals surface area contributed by atoms with Crippen molar-refractivity contribution in [1.29, 1.82) is 0 Å². The Morgan fingerprint density at radius 1 is 0.564 bits per heavy atom. The van der Waals surface area contributed by atoms with Gasteiger partial charge in [-0.15, -0.1) is 0 Å². The molecule has 0 spiro atoms. The Labute approximate surface area is 246 Å². The molecule has 2 aromatic rings. The zero-order valence-corrected chi connectivity index (χ0v) is 27.6. The summed E-state index contributed by atoms with van der Waals surface area (Å²) >= 11 is 1.82. The molecule has 0 saturated carbocycles. The summed E-state index contributed by atoms with van der Waals surface area (Å²) < 4.78 is 1.53. The predicted molar refractivity (Wildman–Crippen MR) is 168 cm³/mol. The van der Waals surface area contributed by atoms with Gasteiger partial charge in [-0.05, 0) is 125 Å². The van der Waals surface area contributed by atoms with E-state index in [1.165, 1.54) is 85.7 Å². The molecular formula is C36H54N2Ni. The third-order valence-corrected chi connectivity index (χ3v) is 9.13. The Kier molecular flexibility index (Phi) is 13.9. The van der Waals surface area contributed by atoms with Crippen LogP contribution in [0.25, 0.3) is 16.9 Å². The van der Waals surface area contributed by atoms with Crippen LogP contribution >= 0.6 is 0 Å². The average Bonchev–Trinajstić information content (AvgIpc) is 3.18. The molecule has 0 unspecified atom stereocenters. The number of nitrogens with zero attached hydrogens (tertiary/aromatic N) is 2. The van der Waals surface area contributed by atoms with Crippen LogP contribution in [0.5, 0.6) is 0 Å². The molecule has 1 aliphatic rings. The van der Waals surface area contributed by atoms with Gasteiger partial charge in [-0.1, -0.05) is 39.5 Å². The Balaban J connectivity index is 0.000000976. The van der Waals surface area contributed by atoms with Crippen LogP contribution in [0.4, 0.5) is 0 Å². The van der Waals surface area contributed by atoms with E-state index in [4.69, 9.17) is 0 Å². The SMILES string of the molecule is CCCCCCC1=C(c2cc(C)c(C)c(C)c2)[N+](=[N-])C(c2cc(C)c(C)c(C)c2)=C1CCCC.C[CH2][Ni][CH2]C. The van der Waals surface area contributed by atoms with Crippen LogP contribution in [0, 0.1) is 41.5 Å². The Hall–Kier alpha value is -1.99. The van der Waals surface area contributed by atoms with Gasteiger partial charge in [-0.2, -0.15) is 0 Å². The van der Waals surface area contributed by atoms with Gasteiger partial charge in [0.2, 0.25) is 11.4 Å². The maximum absolute atomic E-state index is 11.8. The van der Waals surface area contributed by atoms with Crippen molar-refractivity contribution < 1.29 is 19.1 Å². The summed E-state index contributed by atoms with van der Waals surface area (Å²) in [4.78, 5) is 0. The molecule has 0 aliphatic carbocycles.